The molecule has 6 atom stereocenters. The Bertz CT molecular complexity index is 1490. The molecule has 1 unspecified atom stereocenters. The summed E-state index contributed by atoms with van der Waals surface area (Å²) < 4.78 is 41.9. The third kappa shape index (κ3) is 5.46. The number of carbonyl (C=O) groups is 1. The number of sulfonamides is 1. The number of hydrogen-bond donors (Lipinski definition) is 1. The molecule has 9 heteroatoms. The van der Waals surface area contributed by atoms with Gasteiger partial charge < -0.3 is 14.4 Å². The summed E-state index contributed by atoms with van der Waals surface area (Å²) in [7, 11) is -2.15. The number of allylic oxidation sites excluding steroid dienone is 1. The molecule has 2 aliphatic heterocycles. The maximum absolute atomic E-state index is 13.5. The summed E-state index contributed by atoms with van der Waals surface area (Å²) >= 11 is 6.43. The number of rotatable bonds is 1. The van der Waals surface area contributed by atoms with Crippen LogP contribution in [-0.4, -0.2) is 45.4 Å². The molecule has 2 aromatic carbocycles. The topological polar surface area (TPSA) is 84.9 Å². The van der Waals surface area contributed by atoms with Gasteiger partial charge in [-0.1, -0.05) is 36.7 Å². The molecule has 0 saturated heterocycles. The minimum atomic E-state index is -3.93. The quantitative estimate of drug-likeness (QED) is 0.389. The van der Waals surface area contributed by atoms with Gasteiger partial charge in [0.25, 0.3) is 5.91 Å². The number of carbonyl (C=O) groups excluding carboxylic acids is 1. The highest BCUT2D eigenvalue weighted by molar-refractivity contribution is 7.90. The summed E-state index contributed by atoms with van der Waals surface area (Å²) in [5.74, 6) is 0.598. The molecule has 1 N–H and O–H groups in total. The van der Waals surface area contributed by atoms with Crippen LogP contribution in [0.4, 0.5) is 5.69 Å². The van der Waals surface area contributed by atoms with Crippen LogP contribution in [0.25, 0.3) is 0 Å². The van der Waals surface area contributed by atoms with E-state index in [0.29, 0.717) is 36.3 Å². The predicted molar refractivity (Wildman–Crippen MR) is 166 cm³/mol. The summed E-state index contributed by atoms with van der Waals surface area (Å²) in [6, 6.07) is 11.4. The maximum atomic E-state index is 13.5. The van der Waals surface area contributed by atoms with Gasteiger partial charge in [0, 0.05) is 30.8 Å². The van der Waals surface area contributed by atoms with E-state index >= 15 is 0 Å². The Kier molecular flexibility index (Phi) is 8.09. The molecule has 226 valence electrons. The molecule has 0 aromatic heterocycles. The summed E-state index contributed by atoms with van der Waals surface area (Å²) in [6.07, 6.45) is 9.98. The molecule has 0 spiro atoms. The highest BCUT2D eigenvalue weighted by atomic mass is 35.5. The van der Waals surface area contributed by atoms with Crippen LogP contribution in [0.2, 0.25) is 5.02 Å². The lowest BCUT2D eigenvalue weighted by Crippen LogP contribution is -2.50. The number of amides is 1. The average molecular weight is 613 g/mol. The van der Waals surface area contributed by atoms with Crippen molar-refractivity contribution in [3.05, 3.63) is 70.3 Å². The molecule has 0 radical (unpaired) electrons. The fraction of sp³-hybridized carbons (Fsp3) is 0.545. The fourth-order valence-corrected chi connectivity index (χ4v) is 8.94. The van der Waals surface area contributed by atoms with Crippen LogP contribution in [-0.2, 0) is 27.7 Å². The lowest BCUT2D eigenvalue weighted by molar-refractivity contribution is -0.0809. The number of nitrogens with zero attached hydrogens (tertiary/aromatic N) is 1. The molecule has 2 heterocycles. The lowest BCUT2D eigenvalue weighted by Gasteiger charge is -2.49. The number of methoxy groups -OCH3 is 1. The number of fused-ring (bicyclic) bond motifs is 6. The minimum Gasteiger partial charge on any atom is -0.491 e. The van der Waals surface area contributed by atoms with Gasteiger partial charge in [-0.25, -0.2) is 13.1 Å². The Morgan fingerprint density at radius 3 is 2.69 bits per heavy atom. The summed E-state index contributed by atoms with van der Waals surface area (Å²) in [5.41, 5.74) is 3.09. The first-order valence-electron chi connectivity index (χ1n) is 15.2. The van der Waals surface area contributed by atoms with Crippen LogP contribution in [0.15, 0.2) is 48.6 Å². The Labute approximate surface area is 254 Å². The summed E-state index contributed by atoms with van der Waals surface area (Å²) in [4.78, 5) is 15.8. The average Bonchev–Trinajstić information content (AvgIpc) is 3.37. The molecule has 1 saturated carbocycles. The zero-order valence-electron chi connectivity index (χ0n) is 24.6. The monoisotopic (exact) mass is 612 g/mol. The van der Waals surface area contributed by atoms with E-state index in [2.05, 4.69) is 33.9 Å². The number of anilines is 1. The van der Waals surface area contributed by atoms with Crippen molar-refractivity contribution in [3.63, 3.8) is 0 Å². The molecule has 4 aliphatic rings. The van der Waals surface area contributed by atoms with Crippen molar-refractivity contribution < 1.29 is 22.7 Å². The first-order chi connectivity index (χ1) is 20.1. The fourth-order valence-electron chi connectivity index (χ4n) is 7.42. The van der Waals surface area contributed by atoms with Gasteiger partial charge >= 0.3 is 0 Å². The van der Waals surface area contributed by atoms with E-state index in [1.807, 2.05) is 19.1 Å². The van der Waals surface area contributed by atoms with Crippen molar-refractivity contribution in [3.8, 4) is 5.75 Å². The third-order valence-corrected chi connectivity index (χ3v) is 12.5. The van der Waals surface area contributed by atoms with Crippen LogP contribution in [0.1, 0.15) is 67.4 Å². The zero-order chi connectivity index (χ0) is 29.6. The molecular formula is C33H41ClN2O5S. The van der Waals surface area contributed by atoms with E-state index < -0.39 is 26.8 Å². The van der Waals surface area contributed by atoms with Crippen LogP contribution in [0.3, 0.4) is 0 Å². The Hall–Kier alpha value is -2.55. The second-order valence-corrected chi connectivity index (χ2v) is 15.1. The van der Waals surface area contributed by atoms with Gasteiger partial charge in [-0.3, -0.25) is 4.79 Å². The Morgan fingerprint density at radius 2 is 1.93 bits per heavy atom. The zero-order valence-corrected chi connectivity index (χ0v) is 26.2. The molecule has 7 nitrogen and oxygen atoms in total. The first-order valence-corrected chi connectivity index (χ1v) is 17.1. The number of ether oxygens (including phenoxy) is 2. The van der Waals surface area contributed by atoms with Crippen molar-refractivity contribution >= 4 is 33.2 Å². The van der Waals surface area contributed by atoms with E-state index in [4.69, 9.17) is 21.1 Å². The number of aryl methyl sites for hydroxylation is 1. The predicted octanol–water partition coefficient (Wildman–Crippen LogP) is 6.15. The molecule has 6 rings (SSSR count). The van der Waals surface area contributed by atoms with Gasteiger partial charge in [0.05, 0.1) is 23.1 Å². The van der Waals surface area contributed by atoms with Gasteiger partial charge in [-0.2, -0.15) is 0 Å². The largest absolute Gasteiger partial charge is 0.491 e. The smallest absolute Gasteiger partial charge is 0.264 e. The van der Waals surface area contributed by atoms with Gasteiger partial charge in [0.15, 0.2) is 0 Å². The van der Waals surface area contributed by atoms with E-state index in [0.717, 1.165) is 55.8 Å². The van der Waals surface area contributed by atoms with Crippen LogP contribution < -0.4 is 14.4 Å². The first kappa shape index (κ1) is 29.5. The molecule has 1 fully saturated rings. The van der Waals surface area contributed by atoms with Crippen molar-refractivity contribution in [1.82, 2.24) is 4.72 Å². The maximum Gasteiger partial charge on any atom is 0.264 e. The standard InChI is InChI=1S/C33H41ClN2O5S/c1-21-22(2)42(38,39)35-32(37)24-9-12-31-30(17-24)36(19-26-7-10-28(34)16-23(26)6-4-5-15-41-31)20-27-8-11-29(27)33(40-3)14-13-25(21)18-33/h7,9-10,12-14,16-17,21-22,25,27,29H,4-6,8,11,15,18-20H2,1-3H3,(H,35,37)/t21-,22-,25?,27-,29+,33-/m0/s1. The highest BCUT2D eigenvalue weighted by Gasteiger charge is 2.51. The van der Waals surface area contributed by atoms with Crippen LogP contribution in [0, 0.1) is 23.7 Å². The van der Waals surface area contributed by atoms with Crippen molar-refractivity contribution in [2.75, 3.05) is 25.2 Å². The second-order valence-electron chi connectivity index (χ2n) is 12.7. The number of halogens is 1. The molecule has 2 aromatic rings. The van der Waals surface area contributed by atoms with Crippen molar-refractivity contribution in [2.24, 2.45) is 23.7 Å². The van der Waals surface area contributed by atoms with Gasteiger partial charge in [0.1, 0.15) is 5.75 Å². The normalized spacial score (nSPS) is 32.5. The van der Waals surface area contributed by atoms with Gasteiger partial charge in [-0.05, 0) is 111 Å². The number of benzene rings is 2. The van der Waals surface area contributed by atoms with E-state index in [-0.39, 0.29) is 11.8 Å². The van der Waals surface area contributed by atoms with E-state index in [1.165, 1.54) is 11.1 Å². The number of hydrogen-bond acceptors (Lipinski definition) is 6. The molecule has 4 bridgehead atoms. The second kappa shape index (κ2) is 11.5. The Balaban J connectivity index is 1.48. The summed E-state index contributed by atoms with van der Waals surface area (Å²) in [5, 5.41) is -0.0285. The van der Waals surface area contributed by atoms with Crippen molar-refractivity contribution in [1.29, 1.82) is 0 Å². The van der Waals surface area contributed by atoms with Crippen molar-refractivity contribution in [2.45, 2.75) is 69.8 Å². The van der Waals surface area contributed by atoms with E-state index in [1.54, 1.807) is 26.2 Å². The van der Waals surface area contributed by atoms with Gasteiger partial charge in [0.2, 0.25) is 10.0 Å². The molecular weight excluding hydrogens is 572 g/mol. The Morgan fingerprint density at radius 1 is 1.10 bits per heavy atom. The van der Waals surface area contributed by atoms with Crippen LogP contribution in [0.5, 0.6) is 5.75 Å². The summed E-state index contributed by atoms with van der Waals surface area (Å²) in [6.45, 7) is 5.60. The van der Waals surface area contributed by atoms with Gasteiger partial charge in [-0.15, -0.1) is 0 Å². The number of nitrogens with one attached hydrogen (secondary N) is 1. The van der Waals surface area contributed by atoms with Crippen LogP contribution >= 0.6 is 11.6 Å². The lowest BCUT2D eigenvalue weighted by atomic mass is 9.63. The molecule has 2 aliphatic carbocycles. The highest BCUT2D eigenvalue weighted by Crippen LogP contribution is 2.52. The SMILES string of the molecule is CO[C@@]12C=CC(C1)[C@@H](C)[C@H](C)S(=O)(=O)NC(=O)c1ccc3c(c1)N(Cc1ccc(Cl)cc1CCCCO3)C[C@@H]1CC[C@H]12. The molecule has 42 heavy (non-hydrogen) atoms. The third-order valence-electron chi connectivity index (χ3n) is 10.4. The minimum absolute atomic E-state index is 0.0355. The molecule has 1 amide bonds. The van der Waals surface area contributed by atoms with E-state index in [9.17, 15) is 13.2 Å².